The molecule has 86 valence electrons. The fraction of sp³-hybridized carbons (Fsp3) is 0.909. The first-order valence-corrected chi connectivity index (χ1v) is 6.94. The van der Waals surface area contributed by atoms with Crippen LogP contribution in [0.15, 0.2) is 0 Å². The molecule has 2 fully saturated rings. The molecule has 0 aromatic carbocycles. The number of carbonyl (C=O) groups is 1. The van der Waals surface area contributed by atoms with Crippen molar-refractivity contribution in [1.29, 1.82) is 0 Å². The Morgan fingerprint density at radius 3 is 2.60 bits per heavy atom. The Balaban J connectivity index is 2.14. The zero-order valence-corrected chi connectivity index (χ0v) is 9.89. The predicted molar refractivity (Wildman–Crippen MR) is 63.8 cm³/mol. The maximum atomic E-state index is 11.9. The van der Waals surface area contributed by atoms with Crippen LogP contribution in [0.25, 0.3) is 0 Å². The fourth-order valence-corrected chi connectivity index (χ4v) is 4.14. The molecule has 1 aliphatic heterocycles. The Kier molecular flexibility index (Phi) is 3.38. The van der Waals surface area contributed by atoms with Crippen LogP contribution in [0.2, 0.25) is 0 Å². The van der Waals surface area contributed by atoms with Crippen molar-refractivity contribution >= 4 is 17.5 Å². The van der Waals surface area contributed by atoms with Crippen LogP contribution in [-0.4, -0.2) is 28.9 Å². The highest BCUT2D eigenvalue weighted by atomic mass is 32.2. The molecule has 1 heterocycles. The van der Waals surface area contributed by atoms with E-state index < -0.39 is 0 Å². The largest absolute Gasteiger partial charge is 0.327 e. The molecule has 0 bridgehead atoms. The lowest BCUT2D eigenvalue weighted by atomic mass is 9.69. The van der Waals surface area contributed by atoms with Gasteiger partial charge in [-0.05, 0) is 37.2 Å². The fourth-order valence-electron chi connectivity index (χ4n) is 2.88. The monoisotopic (exact) mass is 228 g/mol. The summed E-state index contributed by atoms with van der Waals surface area (Å²) in [5.74, 6) is 2.38. The molecule has 4 N–H and O–H groups in total. The number of hydrogen-bond donors (Lipinski definition) is 2. The third kappa shape index (κ3) is 2.22. The van der Waals surface area contributed by atoms with Gasteiger partial charge < -0.3 is 11.5 Å². The average Bonchev–Trinajstić information content (AvgIpc) is 2.18. The standard InChI is InChI=1S/C11H20N2OS/c12-8-2-1-3-9(14)10(8)11(13)4-6-15-7-5-11/h8,10H,1-7,12-13H2. The minimum absolute atomic E-state index is 0.000602. The summed E-state index contributed by atoms with van der Waals surface area (Å²) in [5.41, 5.74) is 12.2. The van der Waals surface area contributed by atoms with Gasteiger partial charge in [-0.3, -0.25) is 4.79 Å². The van der Waals surface area contributed by atoms with E-state index in [4.69, 9.17) is 11.5 Å². The molecule has 0 radical (unpaired) electrons. The molecule has 2 unspecified atom stereocenters. The highest BCUT2D eigenvalue weighted by molar-refractivity contribution is 7.99. The first kappa shape index (κ1) is 11.4. The molecule has 3 nitrogen and oxygen atoms in total. The van der Waals surface area contributed by atoms with Crippen molar-refractivity contribution < 1.29 is 4.79 Å². The lowest BCUT2D eigenvalue weighted by Gasteiger charge is -2.44. The summed E-state index contributed by atoms with van der Waals surface area (Å²) in [6.07, 6.45) is 4.48. The molecule has 0 aromatic heterocycles. The van der Waals surface area contributed by atoms with Crippen LogP contribution in [-0.2, 0) is 4.79 Å². The lowest BCUT2D eigenvalue weighted by Crippen LogP contribution is -2.60. The molecule has 0 aromatic rings. The third-order valence-electron chi connectivity index (χ3n) is 3.78. The molecular formula is C11H20N2OS. The zero-order chi connectivity index (χ0) is 10.9. The predicted octanol–water partition coefficient (Wildman–Crippen LogP) is 0.907. The summed E-state index contributed by atoms with van der Waals surface area (Å²) < 4.78 is 0. The van der Waals surface area contributed by atoms with E-state index in [0.717, 1.165) is 37.2 Å². The van der Waals surface area contributed by atoms with E-state index in [9.17, 15) is 4.79 Å². The molecule has 2 rings (SSSR count). The van der Waals surface area contributed by atoms with Crippen LogP contribution in [0.1, 0.15) is 32.1 Å². The van der Waals surface area contributed by atoms with Crippen LogP contribution < -0.4 is 11.5 Å². The van der Waals surface area contributed by atoms with Crippen LogP contribution in [0, 0.1) is 5.92 Å². The normalized spacial score (nSPS) is 36.5. The van der Waals surface area contributed by atoms with Crippen molar-refractivity contribution in [2.45, 2.75) is 43.7 Å². The SMILES string of the molecule is NC1CCCC(=O)C1C1(N)CCSCC1. The minimum Gasteiger partial charge on any atom is -0.327 e. The van der Waals surface area contributed by atoms with E-state index in [1.54, 1.807) is 0 Å². The molecule has 2 aliphatic rings. The van der Waals surface area contributed by atoms with Crippen LogP contribution in [0.5, 0.6) is 0 Å². The highest BCUT2D eigenvalue weighted by Crippen LogP contribution is 2.36. The van der Waals surface area contributed by atoms with Crippen molar-refractivity contribution in [3.63, 3.8) is 0 Å². The average molecular weight is 228 g/mol. The molecule has 0 spiro atoms. The second-order valence-electron chi connectivity index (χ2n) is 4.85. The first-order valence-electron chi connectivity index (χ1n) is 5.78. The Bertz CT molecular complexity index is 251. The Hall–Kier alpha value is -0.0600. The quantitative estimate of drug-likeness (QED) is 0.700. The molecule has 1 saturated carbocycles. The van der Waals surface area contributed by atoms with Crippen molar-refractivity contribution in [1.82, 2.24) is 0 Å². The second kappa shape index (κ2) is 4.44. The molecule has 1 saturated heterocycles. The van der Waals surface area contributed by atoms with Gasteiger partial charge in [0.2, 0.25) is 0 Å². The van der Waals surface area contributed by atoms with Gasteiger partial charge in [0, 0.05) is 18.0 Å². The molecule has 15 heavy (non-hydrogen) atoms. The van der Waals surface area contributed by atoms with Gasteiger partial charge in [0.1, 0.15) is 5.78 Å². The number of rotatable bonds is 1. The maximum absolute atomic E-state index is 11.9. The minimum atomic E-state index is -0.303. The van der Waals surface area contributed by atoms with Crippen LogP contribution >= 0.6 is 11.8 Å². The number of hydrogen-bond acceptors (Lipinski definition) is 4. The Morgan fingerprint density at radius 1 is 1.33 bits per heavy atom. The molecule has 1 aliphatic carbocycles. The van der Waals surface area contributed by atoms with Crippen molar-refractivity contribution in [2.75, 3.05) is 11.5 Å². The van der Waals surface area contributed by atoms with Gasteiger partial charge in [-0.2, -0.15) is 11.8 Å². The van der Waals surface area contributed by atoms with Gasteiger partial charge in [0.25, 0.3) is 0 Å². The topological polar surface area (TPSA) is 69.1 Å². The van der Waals surface area contributed by atoms with Crippen molar-refractivity contribution in [3.8, 4) is 0 Å². The smallest absolute Gasteiger partial charge is 0.139 e. The molecule has 0 amide bonds. The molecular weight excluding hydrogens is 208 g/mol. The van der Waals surface area contributed by atoms with E-state index in [1.165, 1.54) is 0 Å². The van der Waals surface area contributed by atoms with Crippen molar-refractivity contribution in [2.24, 2.45) is 17.4 Å². The number of ketones is 1. The lowest BCUT2D eigenvalue weighted by molar-refractivity contribution is -0.127. The Morgan fingerprint density at radius 2 is 2.00 bits per heavy atom. The van der Waals surface area contributed by atoms with E-state index in [-0.39, 0.29) is 17.5 Å². The number of carbonyl (C=O) groups excluding carboxylic acids is 1. The van der Waals surface area contributed by atoms with E-state index in [2.05, 4.69) is 0 Å². The van der Waals surface area contributed by atoms with Gasteiger partial charge in [-0.1, -0.05) is 0 Å². The van der Waals surface area contributed by atoms with Crippen LogP contribution in [0.4, 0.5) is 0 Å². The summed E-state index contributed by atoms with van der Waals surface area (Å²) >= 11 is 1.93. The van der Waals surface area contributed by atoms with E-state index in [1.807, 2.05) is 11.8 Å². The van der Waals surface area contributed by atoms with Gasteiger partial charge in [0.15, 0.2) is 0 Å². The summed E-state index contributed by atoms with van der Waals surface area (Å²) in [4.78, 5) is 11.9. The third-order valence-corrected chi connectivity index (χ3v) is 4.76. The maximum Gasteiger partial charge on any atom is 0.139 e. The van der Waals surface area contributed by atoms with Crippen molar-refractivity contribution in [3.05, 3.63) is 0 Å². The van der Waals surface area contributed by atoms with Gasteiger partial charge in [0.05, 0.1) is 5.92 Å². The number of nitrogens with two attached hydrogens (primary N) is 2. The second-order valence-corrected chi connectivity index (χ2v) is 6.07. The van der Waals surface area contributed by atoms with Gasteiger partial charge >= 0.3 is 0 Å². The highest BCUT2D eigenvalue weighted by Gasteiger charge is 2.44. The number of thioether (sulfide) groups is 1. The summed E-state index contributed by atoms with van der Waals surface area (Å²) in [6.45, 7) is 0. The van der Waals surface area contributed by atoms with Gasteiger partial charge in [-0.25, -0.2) is 0 Å². The van der Waals surface area contributed by atoms with E-state index in [0.29, 0.717) is 12.2 Å². The summed E-state index contributed by atoms with van der Waals surface area (Å²) in [6, 6.07) is -0.000602. The summed E-state index contributed by atoms with van der Waals surface area (Å²) in [5, 5.41) is 0. The van der Waals surface area contributed by atoms with Gasteiger partial charge in [-0.15, -0.1) is 0 Å². The molecule has 2 atom stereocenters. The first-order chi connectivity index (χ1) is 7.13. The van der Waals surface area contributed by atoms with E-state index >= 15 is 0 Å². The molecule has 4 heteroatoms. The Labute approximate surface area is 95.3 Å². The zero-order valence-electron chi connectivity index (χ0n) is 9.08. The number of Topliss-reactive ketones (excluding diaryl/α,β-unsaturated/α-hetero) is 1. The summed E-state index contributed by atoms with van der Waals surface area (Å²) in [7, 11) is 0. The van der Waals surface area contributed by atoms with Crippen LogP contribution in [0.3, 0.4) is 0 Å².